The Morgan fingerprint density at radius 3 is 2.73 bits per heavy atom. The maximum absolute atomic E-state index is 12.7. The number of nitrogens with one attached hydrogen (secondary N) is 2. The van der Waals surface area contributed by atoms with Gasteiger partial charge < -0.3 is 4.90 Å². The zero-order chi connectivity index (χ0) is 15.9. The van der Waals surface area contributed by atoms with Gasteiger partial charge in [0.15, 0.2) is 0 Å². The molecule has 0 saturated carbocycles. The van der Waals surface area contributed by atoms with Crippen LogP contribution in [0.2, 0.25) is 0 Å². The summed E-state index contributed by atoms with van der Waals surface area (Å²) in [5, 5.41) is 0. The van der Waals surface area contributed by atoms with Gasteiger partial charge in [0, 0.05) is 19.1 Å². The molecule has 1 aliphatic rings. The molecule has 1 aromatic carbocycles. The van der Waals surface area contributed by atoms with Crippen LogP contribution in [0.5, 0.6) is 0 Å². The van der Waals surface area contributed by atoms with E-state index in [0.29, 0.717) is 25.0 Å². The Bertz CT molecular complexity index is 486. The molecule has 4 nitrogen and oxygen atoms in total. The van der Waals surface area contributed by atoms with Crippen LogP contribution >= 0.6 is 0 Å². The Morgan fingerprint density at radius 1 is 1.36 bits per heavy atom. The largest absolute Gasteiger partial charge is 0.333 e. The second-order valence-corrected chi connectivity index (χ2v) is 6.40. The minimum absolute atomic E-state index is 0.141. The number of carbonyl (C=O) groups excluding carboxylic acids is 1. The van der Waals surface area contributed by atoms with Crippen LogP contribution in [0.25, 0.3) is 0 Å². The van der Waals surface area contributed by atoms with Crippen LogP contribution in [0.3, 0.4) is 0 Å². The molecule has 2 unspecified atom stereocenters. The first-order chi connectivity index (χ1) is 10.6. The van der Waals surface area contributed by atoms with E-state index in [0.717, 1.165) is 18.4 Å². The van der Waals surface area contributed by atoms with E-state index in [2.05, 4.69) is 31.3 Å². The molecule has 1 fully saturated rings. The smallest absolute Gasteiger partial charge is 0.241 e. The Kier molecular flexibility index (Phi) is 6.16. The molecule has 1 aliphatic heterocycles. The molecule has 2 rings (SSSR count). The van der Waals surface area contributed by atoms with Crippen LogP contribution < -0.4 is 10.9 Å². The van der Waals surface area contributed by atoms with Crippen molar-refractivity contribution < 1.29 is 4.79 Å². The first-order valence-corrected chi connectivity index (χ1v) is 8.04. The van der Waals surface area contributed by atoms with Gasteiger partial charge in [0.05, 0.1) is 0 Å². The number of benzene rings is 1. The molecule has 1 amide bonds. The lowest BCUT2D eigenvalue weighted by Crippen LogP contribution is -2.45. The van der Waals surface area contributed by atoms with Crippen molar-refractivity contribution in [2.75, 3.05) is 6.54 Å². The predicted molar refractivity (Wildman–Crippen MR) is 90.0 cm³/mol. The fourth-order valence-electron chi connectivity index (χ4n) is 2.92. The van der Waals surface area contributed by atoms with Crippen LogP contribution in [0.4, 0.5) is 0 Å². The van der Waals surface area contributed by atoms with E-state index < -0.39 is 0 Å². The van der Waals surface area contributed by atoms with Gasteiger partial charge >= 0.3 is 0 Å². The van der Waals surface area contributed by atoms with Gasteiger partial charge in [-0.15, -0.1) is 6.58 Å². The van der Waals surface area contributed by atoms with Crippen LogP contribution in [0.15, 0.2) is 43.0 Å². The SMILES string of the molecule is C=CCN(Cc1ccccc1)C(=O)C1CC(CC(C)C)NN1. The van der Waals surface area contributed by atoms with Crippen molar-refractivity contribution in [2.45, 2.75) is 45.3 Å². The number of rotatable bonds is 7. The van der Waals surface area contributed by atoms with Gasteiger partial charge in [-0.3, -0.25) is 10.2 Å². The molecule has 120 valence electrons. The summed E-state index contributed by atoms with van der Waals surface area (Å²) in [4.78, 5) is 14.6. The molecular formula is C18H27N3O. The highest BCUT2D eigenvalue weighted by atomic mass is 16.2. The molecule has 1 heterocycles. The van der Waals surface area contributed by atoms with Crippen LogP contribution in [-0.4, -0.2) is 29.4 Å². The van der Waals surface area contributed by atoms with Gasteiger partial charge in [-0.25, -0.2) is 5.43 Å². The van der Waals surface area contributed by atoms with Gasteiger partial charge in [-0.1, -0.05) is 50.3 Å². The molecule has 0 aliphatic carbocycles. The third kappa shape index (κ3) is 4.68. The van der Waals surface area contributed by atoms with E-state index in [1.807, 2.05) is 35.2 Å². The van der Waals surface area contributed by atoms with Crippen molar-refractivity contribution in [1.29, 1.82) is 0 Å². The summed E-state index contributed by atoms with van der Waals surface area (Å²) in [5.41, 5.74) is 7.56. The summed E-state index contributed by atoms with van der Waals surface area (Å²) in [6.07, 6.45) is 3.71. The molecule has 4 heteroatoms. The van der Waals surface area contributed by atoms with Gasteiger partial charge in [0.2, 0.25) is 5.91 Å². The van der Waals surface area contributed by atoms with Gasteiger partial charge in [-0.05, 0) is 24.3 Å². The summed E-state index contributed by atoms with van der Waals surface area (Å²) >= 11 is 0. The molecule has 1 saturated heterocycles. The normalized spacial score (nSPS) is 21.0. The minimum Gasteiger partial charge on any atom is -0.333 e. The molecule has 22 heavy (non-hydrogen) atoms. The van der Waals surface area contributed by atoms with E-state index >= 15 is 0 Å². The first-order valence-electron chi connectivity index (χ1n) is 8.04. The van der Waals surface area contributed by atoms with E-state index in [9.17, 15) is 4.79 Å². The molecule has 1 aromatic rings. The summed E-state index contributed by atoms with van der Waals surface area (Å²) < 4.78 is 0. The quantitative estimate of drug-likeness (QED) is 0.761. The van der Waals surface area contributed by atoms with E-state index in [-0.39, 0.29) is 11.9 Å². The summed E-state index contributed by atoms with van der Waals surface area (Å²) in [6, 6.07) is 10.3. The van der Waals surface area contributed by atoms with E-state index in [4.69, 9.17) is 0 Å². The Labute approximate surface area is 133 Å². The molecule has 0 aromatic heterocycles. The monoisotopic (exact) mass is 301 g/mol. The first kappa shape index (κ1) is 16.7. The highest BCUT2D eigenvalue weighted by Crippen LogP contribution is 2.16. The average molecular weight is 301 g/mol. The van der Waals surface area contributed by atoms with Crippen molar-refractivity contribution in [2.24, 2.45) is 5.92 Å². The molecule has 0 radical (unpaired) electrons. The fraction of sp³-hybridized carbons (Fsp3) is 0.500. The summed E-state index contributed by atoms with van der Waals surface area (Å²) in [7, 11) is 0. The Morgan fingerprint density at radius 2 is 2.09 bits per heavy atom. The molecule has 0 bridgehead atoms. The lowest BCUT2D eigenvalue weighted by atomic mass is 9.99. The van der Waals surface area contributed by atoms with Crippen molar-refractivity contribution in [1.82, 2.24) is 15.8 Å². The second-order valence-electron chi connectivity index (χ2n) is 6.40. The maximum Gasteiger partial charge on any atom is 0.241 e. The average Bonchev–Trinajstić information content (AvgIpc) is 2.95. The number of hydrazine groups is 1. The van der Waals surface area contributed by atoms with Crippen molar-refractivity contribution in [3.05, 3.63) is 48.6 Å². The number of hydrogen-bond acceptors (Lipinski definition) is 3. The molecule has 2 atom stereocenters. The standard InChI is InChI=1S/C18H27N3O/c1-4-10-21(13-15-8-6-5-7-9-15)18(22)17-12-16(19-20-17)11-14(2)3/h4-9,14,16-17,19-20H,1,10-13H2,2-3H3. The van der Waals surface area contributed by atoms with Crippen LogP contribution in [0.1, 0.15) is 32.3 Å². The van der Waals surface area contributed by atoms with Gasteiger partial charge in [0.1, 0.15) is 6.04 Å². The fourth-order valence-corrected chi connectivity index (χ4v) is 2.92. The number of carbonyl (C=O) groups is 1. The molecule has 0 spiro atoms. The summed E-state index contributed by atoms with van der Waals surface area (Å²) in [5.74, 6) is 0.768. The topological polar surface area (TPSA) is 44.4 Å². The Balaban J connectivity index is 1.96. The molecule has 2 N–H and O–H groups in total. The highest BCUT2D eigenvalue weighted by molar-refractivity contribution is 5.82. The van der Waals surface area contributed by atoms with Crippen molar-refractivity contribution in [3.8, 4) is 0 Å². The van der Waals surface area contributed by atoms with Gasteiger partial charge in [-0.2, -0.15) is 0 Å². The zero-order valence-electron chi connectivity index (χ0n) is 13.6. The third-order valence-corrected chi connectivity index (χ3v) is 3.91. The minimum atomic E-state index is -0.146. The lowest BCUT2D eigenvalue weighted by Gasteiger charge is -2.24. The third-order valence-electron chi connectivity index (χ3n) is 3.91. The van der Waals surface area contributed by atoms with Crippen LogP contribution in [-0.2, 0) is 11.3 Å². The number of nitrogens with zero attached hydrogens (tertiary/aromatic N) is 1. The highest BCUT2D eigenvalue weighted by Gasteiger charge is 2.32. The van der Waals surface area contributed by atoms with E-state index in [1.165, 1.54) is 0 Å². The maximum atomic E-state index is 12.7. The number of hydrogen-bond donors (Lipinski definition) is 2. The van der Waals surface area contributed by atoms with Crippen molar-refractivity contribution in [3.63, 3.8) is 0 Å². The number of amides is 1. The summed E-state index contributed by atoms with van der Waals surface area (Å²) in [6.45, 7) is 9.38. The van der Waals surface area contributed by atoms with E-state index in [1.54, 1.807) is 6.08 Å². The lowest BCUT2D eigenvalue weighted by molar-refractivity contribution is -0.133. The molecular weight excluding hydrogens is 274 g/mol. The second kappa shape index (κ2) is 8.11. The van der Waals surface area contributed by atoms with Gasteiger partial charge in [0.25, 0.3) is 0 Å². The van der Waals surface area contributed by atoms with Crippen LogP contribution in [0, 0.1) is 5.92 Å². The predicted octanol–water partition coefficient (Wildman–Crippen LogP) is 2.48. The zero-order valence-corrected chi connectivity index (χ0v) is 13.6. The Hall–Kier alpha value is -1.65. The van der Waals surface area contributed by atoms with Crippen molar-refractivity contribution >= 4 is 5.91 Å².